The van der Waals surface area contributed by atoms with E-state index in [-0.39, 0.29) is 5.69 Å². The van der Waals surface area contributed by atoms with E-state index in [1.807, 2.05) is 11.4 Å². The molecule has 20 heavy (non-hydrogen) atoms. The Morgan fingerprint density at radius 2 is 1.95 bits per heavy atom. The molecule has 2 aromatic heterocycles. The Bertz CT molecular complexity index is 704. The zero-order valence-electron chi connectivity index (χ0n) is 10.4. The van der Waals surface area contributed by atoms with Gasteiger partial charge in [-0.15, -0.1) is 22.7 Å². The molecule has 0 spiro atoms. The molecule has 3 aromatic rings. The maximum Gasteiger partial charge on any atom is 0.181 e. The molecule has 3 rings (SSSR count). The Morgan fingerprint density at radius 1 is 1.05 bits per heavy atom. The van der Waals surface area contributed by atoms with E-state index >= 15 is 0 Å². The lowest BCUT2D eigenvalue weighted by atomic mass is 10.2. The molecule has 0 fully saturated rings. The van der Waals surface area contributed by atoms with Crippen LogP contribution in [-0.4, -0.2) is 0 Å². The molecule has 0 radical (unpaired) electrons. The molecule has 5 heteroatoms. The third-order valence-electron chi connectivity index (χ3n) is 2.86. The average Bonchev–Trinajstić information content (AvgIpc) is 3.10. The Labute approximate surface area is 123 Å². The highest BCUT2D eigenvalue weighted by Crippen LogP contribution is 2.29. The van der Waals surface area contributed by atoms with Gasteiger partial charge in [0.1, 0.15) is 0 Å². The number of rotatable bonds is 4. The summed E-state index contributed by atoms with van der Waals surface area (Å²) in [6, 6.07) is 10.3. The van der Waals surface area contributed by atoms with Crippen molar-refractivity contribution in [2.45, 2.75) is 6.54 Å². The fourth-order valence-electron chi connectivity index (χ4n) is 1.87. The van der Waals surface area contributed by atoms with Gasteiger partial charge in [-0.3, -0.25) is 0 Å². The lowest BCUT2D eigenvalue weighted by molar-refractivity contribution is 0.511. The van der Waals surface area contributed by atoms with E-state index in [0.29, 0.717) is 6.54 Å². The normalized spacial score (nSPS) is 10.7. The Kier molecular flexibility index (Phi) is 3.80. The van der Waals surface area contributed by atoms with Crippen LogP contribution in [0.15, 0.2) is 47.2 Å². The van der Waals surface area contributed by atoms with E-state index in [4.69, 9.17) is 0 Å². The van der Waals surface area contributed by atoms with Gasteiger partial charge < -0.3 is 5.32 Å². The van der Waals surface area contributed by atoms with Crippen LogP contribution in [0.1, 0.15) is 4.88 Å². The largest absolute Gasteiger partial charge is 0.378 e. The first kappa shape index (κ1) is 13.3. The van der Waals surface area contributed by atoms with Gasteiger partial charge in [-0.25, -0.2) is 8.78 Å². The van der Waals surface area contributed by atoms with Crippen LogP contribution in [0, 0.1) is 11.6 Å². The van der Waals surface area contributed by atoms with Crippen LogP contribution < -0.4 is 5.32 Å². The summed E-state index contributed by atoms with van der Waals surface area (Å²) in [4.78, 5) is 2.29. The lowest BCUT2D eigenvalue weighted by Crippen LogP contribution is -2.01. The van der Waals surface area contributed by atoms with Gasteiger partial charge in [0.05, 0.1) is 5.69 Å². The molecule has 1 N–H and O–H groups in total. The van der Waals surface area contributed by atoms with E-state index in [1.165, 1.54) is 22.6 Å². The summed E-state index contributed by atoms with van der Waals surface area (Å²) in [6.07, 6.45) is 0. The van der Waals surface area contributed by atoms with Gasteiger partial charge in [0.15, 0.2) is 11.6 Å². The highest BCUT2D eigenvalue weighted by Gasteiger charge is 2.08. The van der Waals surface area contributed by atoms with Gasteiger partial charge in [-0.05, 0) is 35.0 Å². The van der Waals surface area contributed by atoms with Gasteiger partial charge in [0.2, 0.25) is 0 Å². The molecule has 0 saturated carbocycles. The Balaban J connectivity index is 1.71. The molecule has 0 aliphatic carbocycles. The first-order chi connectivity index (χ1) is 9.74. The molecule has 0 saturated heterocycles. The molecule has 0 aliphatic heterocycles. The van der Waals surface area contributed by atoms with Crippen molar-refractivity contribution >= 4 is 28.4 Å². The lowest BCUT2D eigenvalue weighted by Gasteiger charge is -2.06. The van der Waals surface area contributed by atoms with Gasteiger partial charge in [0.25, 0.3) is 0 Å². The topological polar surface area (TPSA) is 12.0 Å². The van der Waals surface area contributed by atoms with Crippen molar-refractivity contribution < 1.29 is 8.78 Å². The van der Waals surface area contributed by atoms with Crippen LogP contribution in [0.25, 0.3) is 10.4 Å². The molecular formula is C15H11F2NS2. The smallest absolute Gasteiger partial charge is 0.181 e. The van der Waals surface area contributed by atoms with Crippen molar-refractivity contribution in [2.75, 3.05) is 5.32 Å². The van der Waals surface area contributed by atoms with Crippen molar-refractivity contribution in [3.8, 4) is 10.4 Å². The second-order valence-corrected chi connectivity index (χ2v) is 6.18. The monoisotopic (exact) mass is 307 g/mol. The fourth-order valence-corrected chi connectivity index (χ4v) is 3.48. The van der Waals surface area contributed by atoms with Crippen molar-refractivity contribution in [1.82, 2.24) is 0 Å². The van der Waals surface area contributed by atoms with Crippen molar-refractivity contribution in [3.63, 3.8) is 0 Å². The van der Waals surface area contributed by atoms with Gasteiger partial charge >= 0.3 is 0 Å². The second-order valence-electron chi connectivity index (χ2n) is 4.23. The minimum atomic E-state index is -0.833. The summed E-state index contributed by atoms with van der Waals surface area (Å²) >= 11 is 3.29. The SMILES string of the molecule is Fc1cccc(NCc2cc(-c3cccs3)cs2)c1F. The van der Waals surface area contributed by atoms with Crippen LogP contribution in [0.5, 0.6) is 0 Å². The Hall–Kier alpha value is -1.72. The highest BCUT2D eigenvalue weighted by molar-refractivity contribution is 7.14. The molecular weight excluding hydrogens is 296 g/mol. The highest BCUT2D eigenvalue weighted by atomic mass is 32.1. The van der Waals surface area contributed by atoms with Gasteiger partial charge in [0, 0.05) is 21.9 Å². The van der Waals surface area contributed by atoms with Crippen LogP contribution in [0.2, 0.25) is 0 Å². The number of nitrogens with one attached hydrogen (secondary N) is 1. The van der Waals surface area contributed by atoms with Gasteiger partial charge in [-0.2, -0.15) is 0 Å². The predicted octanol–water partition coefficient (Wildman–Crippen LogP) is 5.37. The predicted molar refractivity (Wildman–Crippen MR) is 81.3 cm³/mol. The summed E-state index contributed by atoms with van der Waals surface area (Å²) in [5, 5.41) is 7.04. The summed E-state index contributed by atoms with van der Waals surface area (Å²) in [5.41, 5.74) is 1.36. The third-order valence-corrected chi connectivity index (χ3v) is 4.72. The molecule has 1 nitrogen and oxygen atoms in total. The molecule has 102 valence electrons. The maximum atomic E-state index is 13.5. The second kappa shape index (κ2) is 5.73. The number of thiophene rings is 2. The minimum absolute atomic E-state index is 0.191. The van der Waals surface area contributed by atoms with Crippen LogP contribution in [-0.2, 0) is 6.54 Å². The standard InChI is InChI=1S/C15H11F2NS2/c16-12-3-1-4-13(15(12)17)18-8-11-7-10(9-20-11)14-5-2-6-19-14/h1-7,9,18H,8H2. The number of hydrogen-bond acceptors (Lipinski definition) is 3. The molecule has 0 amide bonds. The average molecular weight is 307 g/mol. The van der Waals surface area contributed by atoms with E-state index in [9.17, 15) is 8.78 Å². The minimum Gasteiger partial charge on any atom is -0.378 e. The molecule has 0 unspecified atom stereocenters. The number of hydrogen-bond donors (Lipinski definition) is 1. The summed E-state index contributed by atoms with van der Waals surface area (Å²) in [5.74, 6) is -1.66. The van der Waals surface area contributed by atoms with Crippen LogP contribution in [0.3, 0.4) is 0 Å². The number of benzene rings is 1. The summed E-state index contributed by atoms with van der Waals surface area (Å²) in [7, 11) is 0. The summed E-state index contributed by atoms with van der Waals surface area (Å²) in [6.45, 7) is 0.483. The van der Waals surface area contributed by atoms with E-state index < -0.39 is 11.6 Å². The van der Waals surface area contributed by atoms with E-state index in [1.54, 1.807) is 22.7 Å². The Morgan fingerprint density at radius 3 is 2.75 bits per heavy atom. The van der Waals surface area contributed by atoms with E-state index in [2.05, 4.69) is 22.8 Å². The fraction of sp³-hybridized carbons (Fsp3) is 0.0667. The van der Waals surface area contributed by atoms with Crippen molar-refractivity contribution in [1.29, 1.82) is 0 Å². The summed E-state index contributed by atoms with van der Waals surface area (Å²) < 4.78 is 26.6. The number of anilines is 1. The molecule has 0 aliphatic rings. The van der Waals surface area contributed by atoms with Crippen molar-refractivity contribution in [2.24, 2.45) is 0 Å². The maximum absolute atomic E-state index is 13.5. The molecule has 2 heterocycles. The molecule has 1 aromatic carbocycles. The number of halogens is 2. The third kappa shape index (κ3) is 2.73. The quantitative estimate of drug-likeness (QED) is 0.683. The zero-order valence-corrected chi connectivity index (χ0v) is 12.0. The van der Waals surface area contributed by atoms with E-state index in [0.717, 1.165) is 10.9 Å². The zero-order chi connectivity index (χ0) is 13.9. The molecule has 0 atom stereocenters. The first-order valence-corrected chi connectivity index (χ1v) is 7.79. The van der Waals surface area contributed by atoms with Gasteiger partial charge in [-0.1, -0.05) is 12.1 Å². The molecule has 0 bridgehead atoms. The van der Waals surface area contributed by atoms with Crippen LogP contribution in [0.4, 0.5) is 14.5 Å². The van der Waals surface area contributed by atoms with Crippen LogP contribution >= 0.6 is 22.7 Å². The van der Waals surface area contributed by atoms with Crippen molar-refractivity contribution in [3.05, 3.63) is 63.7 Å². The first-order valence-electron chi connectivity index (χ1n) is 6.03.